The maximum Gasteiger partial charge on any atom is 0.243 e. The molecular formula is C13H19FN2O3S. The molecule has 0 saturated carbocycles. The smallest absolute Gasteiger partial charge is 0.243 e. The fourth-order valence-electron chi connectivity index (χ4n) is 2.28. The highest BCUT2D eigenvalue weighted by atomic mass is 32.2. The molecule has 0 amide bonds. The van der Waals surface area contributed by atoms with Crippen LogP contribution < -0.4 is 5.73 Å². The van der Waals surface area contributed by atoms with Gasteiger partial charge in [0.15, 0.2) is 0 Å². The van der Waals surface area contributed by atoms with Gasteiger partial charge in [-0.25, -0.2) is 12.8 Å². The Labute approximate surface area is 118 Å². The molecule has 1 fully saturated rings. The van der Waals surface area contributed by atoms with Crippen molar-refractivity contribution in [2.75, 3.05) is 18.9 Å². The van der Waals surface area contributed by atoms with E-state index in [0.29, 0.717) is 6.61 Å². The van der Waals surface area contributed by atoms with Crippen LogP contribution in [0.4, 0.5) is 10.1 Å². The van der Waals surface area contributed by atoms with Crippen molar-refractivity contribution in [3.63, 3.8) is 0 Å². The summed E-state index contributed by atoms with van der Waals surface area (Å²) in [4.78, 5) is -0.0732. The molecule has 0 spiro atoms. The van der Waals surface area contributed by atoms with Crippen molar-refractivity contribution in [3.05, 3.63) is 23.5 Å². The van der Waals surface area contributed by atoms with E-state index in [-0.39, 0.29) is 34.8 Å². The molecule has 0 radical (unpaired) electrons. The number of hydrogen-bond donors (Lipinski definition) is 1. The molecule has 0 aliphatic carbocycles. The predicted molar refractivity (Wildman–Crippen MR) is 74.3 cm³/mol. The summed E-state index contributed by atoms with van der Waals surface area (Å²) in [5.74, 6) is -0.613. The summed E-state index contributed by atoms with van der Waals surface area (Å²) in [6.07, 6.45) is -0.188. The van der Waals surface area contributed by atoms with Crippen LogP contribution in [0.2, 0.25) is 0 Å². The van der Waals surface area contributed by atoms with Crippen molar-refractivity contribution in [2.45, 2.75) is 37.8 Å². The van der Waals surface area contributed by atoms with Gasteiger partial charge in [0.25, 0.3) is 0 Å². The Kier molecular flexibility index (Phi) is 4.04. The van der Waals surface area contributed by atoms with Gasteiger partial charge >= 0.3 is 0 Å². The minimum absolute atomic E-state index is 0.0732. The molecule has 2 rings (SSSR count). The summed E-state index contributed by atoms with van der Waals surface area (Å²) < 4.78 is 45.9. The molecule has 0 aromatic heterocycles. The third kappa shape index (κ3) is 2.65. The molecule has 1 aliphatic rings. The van der Waals surface area contributed by atoms with Crippen molar-refractivity contribution < 1.29 is 17.5 Å². The van der Waals surface area contributed by atoms with E-state index in [1.165, 1.54) is 17.3 Å². The van der Waals surface area contributed by atoms with Crippen molar-refractivity contribution in [1.29, 1.82) is 0 Å². The molecule has 20 heavy (non-hydrogen) atoms. The third-order valence-electron chi connectivity index (χ3n) is 3.46. The van der Waals surface area contributed by atoms with Gasteiger partial charge in [-0.2, -0.15) is 4.31 Å². The maximum absolute atomic E-state index is 13.7. The molecule has 7 heteroatoms. The van der Waals surface area contributed by atoms with E-state index < -0.39 is 15.8 Å². The molecule has 2 atom stereocenters. The highest BCUT2D eigenvalue weighted by molar-refractivity contribution is 7.89. The molecular weight excluding hydrogens is 283 g/mol. The second-order valence-corrected chi connectivity index (χ2v) is 7.05. The number of morpholine rings is 1. The van der Waals surface area contributed by atoms with E-state index in [0.717, 1.165) is 6.07 Å². The number of benzene rings is 1. The summed E-state index contributed by atoms with van der Waals surface area (Å²) in [7, 11) is -3.79. The first-order chi connectivity index (χ1) is 9.23. The van der Waals surface area contributed by atoms with Gasteiger partial charge in [-0.1, -0.05) is 0 Å². The van der Waals surface area contributed by atoms with Crippen LogP contribution in [-0.2, 0) is 14.8 Å². The molecule has 1 aromatic rings. The molecule has 1 saturated heterocycles. The van der Waals surface area contributed by atoms with Gasteiger partial charge in [0.05, 0.1) is 17.6 Å². The number of anilines is 1. The third-order valence-corrected chi connectivity index (χ3v) is 5.56. The zero-order valence-electron chi connectivity index (χ0n) is 11.8. The van der Waals surface area contributed by atoms with E-state index in [4.69, 9.17) is 10.5 Å². The quantitative estimate of drug-likeness (QED) is 0.841. The lowest BCUT2D eigenvalue weighted by atomic mass is 10.2. The Balaban J connectivity index is 2.50. The lowest BCUT2D eigenvalue weighted by molar-refractivity contribution is -0.0170. The second-order valence-electron chi connectivity index (χ2n) is 5.19. The summed E-state index contributed by atoms with van der Waals surface area (Å²) in [5, 5.41) is 0. The lowest BCUT2D eigenvalue weighted by Crippen LogP contribution is -2.50. The molecule has 0 bridgehead atoms. The number of hydrogen-bond acceptors (Lipinski definition) is 4. The van der Waals surface area contributed by atoms with Gasteiger partial charge in [-0.15, -0.1) is 0 Å². The SMILES string of the molecule is Cc1c(F)cc(N)cc1S(=O)(=O)N1CC(C)OCC1C. The van der Waals surface area contributed by atoms with Gasteiger partial charge in [0.2, 0.25) is 10.0 Å². The molecule has 1 aromatic carbocycles. The number of halogens is 1. The predicted octanol–water partition coefficient (Wildman–Crippen LogP) is 1.51. The summed E-state index contributed by atoms with van der Waals surface area (Å²) in [6.45, 7) is 5.59. The second kappa shape index (κ2) is 5.31. The molecule has 2 unspecified atom stereocenters. The molecule has 112 valence electrons. The largest absolute Gasteiger partial charge is 0.399 e. The fourth-order valence-corrected chi connectivity index (χ4v) is 4.24. The normalized spacial score (nSPS) is 24.8. The van der Waals surface area contributed by atoms with Crippen LogP contribution in [-0.4, -0.2) is 38.0 Å². The van der Waals surface area contributed by atoms with Crippen molar-refractivity contribution in [2.24, 2.45) is 0 Å². The van der Waals surface area contributed by atoms with Gasteiger partial charge < -0.3 is 10.5 Å². The number of ether oxygens (including phenoxy) is 1. The number of nitrogens with zero attached hydrogens (tertiary/aromatic N) is 1. The number of nitrogen functional groups attached to an aromatic ring is 1. The van der Waals surface area contributed by atoms with Gasteiger partial charge in [-0.05, 0) is 32.9 Å². The van der Waals surface area contributed by atoms with Gasteiger partial charge in [0.1, 0.15) is 5.82 Å². The molecule has 1 aliphatic heterocycles. The first kappa shape index (κ1) is 15.2. The van der Waals surface area contributed by atoms with Crippen LogP contribution in [0.5, 0.6) is 0 Å². The van der Waals surface area contributed by atoms with Crippen LogP contribution in [0, 0.1) is 12.7 Å². The fraction of sp³-hybridized carbons (Fsp3) is 0.538. The van der Waals surface area contributed by atoms with Crippen LogP contribution in [0.15, 0.2) is 17.0 Å². The van der Waals surface area contributed by atoms with Crippen molar-refractivity contribution >= 4 is 15.7 Å². The van der Waals surface area contributed by atoms with Crippen LogP contribution in [0.25, 0.3) is 0 Å². The van der Waals surface area contributed by atoms with E-state index >= 15 is 0 Å². The number of rotatable bonds is 2. The standard InChI is InChI=1S/C13H19FN2O3S/c1-8-7-19-9(2)6-16(8)20(17,18)13-5-11(15)4-12(14)10(13)3/h4-5,8-9H,6-7,15H2,1-3H3. The monoisotopic (exact) mass is 302 g/mol. The van der Waals surface area contributed by atoms with E-state index in [2.05, 4.69) is 0 Å². The maximum atomic E-state index is 13.7. The minimum atomic E-state index is -3.79. The highest BCUT2D eigenvalue weighted by Gasteiger charge is 2.35. The Morgan fingerprint density at radius 2 is 2.05 bits per heavy atom. The van der Waals surface area contributed by atoms with E-state index in [1.807, 2.05) is 0 Å². The van der Waals surface area contributed by atoms with Crippen molar-refractivity contribution in [3.8, 4) is 0 Å². The van der Waals surface area contributed by atoms with Crippen molar-refractivity contribution in [1.82, 2.24) is 4.31 Å². The minimum Gasteiger partial charge on any atom is -0.399 e. The Hall–Kier alpha value is -1.18. The molecule has 1 heterocycles. The van der Waals surface area contributed by atoms with E-state index in [9.17, 15) is 12.8 Å². The van der Waals surface area contributed by atoms with Gasteiger partial charge in [0, 0.05) is 23.8 Å². The summed E-state index contributed by atoms with van der Waals surface area (Å²) in [6, 6.07) is 2.14. The topological polar surface area (TPSA) is 72.6 Å². The number of nitrogens with two attached hydrogens (primary N) is 1. The Morgan fingerprint density at radius 1 is 1.40 bits per heavy atom. The first-order valence-corrected chi connectivity index (χ1v) is 7.86. The molecule has 5 nitrogen and oxygen atoms in total. The van der Waals surface area contributed by atoms with Crippen LogP contribution in [0.3, 0.4) is 0 Å². The zero-order chi connectivity index (χ0) is 15.1. The Morgan fingerprint density at radius 3 is 2.70 bits per heavy atom. The zero-order valence-corrected chi connectivity index (χ0v) is 12.6. The van der Waals surface area contributed by atoms with Crippen LogP contribution in [0.1, 0.15) is 19.4 Å². The van der Waals surface area contributed by atoms with Crippen LogP contribution >= 0.6 is 0 Å². The summed E-state index contributed by atoms with van der Waals surface area (Å²) >= 11 is 0. The van der Waals surface area contributed by atoms with E-state index in [1.54, 1.807) is 13.8 Å². The lowest BCUT2D eigenvalue weighted by Gasteiger charge is -2.36. The average molecular weight is 302 g/mol. The van der Waals surface area contributed by atoms with Gasteiger partial charge in [-0.3, -0.25) is 0 Å². The highest BCUT2D eigenvalue weighted by Crippen LogP contribution is 2.28. The Bertz CT molecular complexity index is 618. The molecule has 2 N–H and O–H groups in total. The number of sulfonamides is 1. The first-order valence-electron chi connectivity index (χ1n) is 6.42. The average Bonchev–Trinajstić information content (AvgIpc) is 2.36. The summed E-state index contributed by atoms with van der Waals surface area (Å²) in [5.41, 5.74) is 5.76.